The Bertz CT molecular complexity index is 501. The highest BCUT2D eigenvalue weighted by atomic mass is 32.1. The van der Waals surface area contributed by atoms with E-state index >= 15 is 0 Å². The normalized spacial score (nSPS) is 13.4. The molecule has 1 amide bonds. The van der Waals surface area contributed by atoms with Crippen LogP contribution in [0.25, 0.3) is 0 Å². The fraction of sp³-hybridized carbons (Fsp3) is 0.500. The van der Waals surface area contributed by atoms with Crippen molar-refractivity contribution in [1.82, 2.24) is 5.32 Å². The molecule has 0 aliphatic heterocycles. The van der Waals surface area contributed by atoms with Crippen LogP contribution >= 0.6 is 13.5 Å². The van der Waals surface area contributed by atoms with E-state index in [2.05, 4.69) is 5.32 Å². The molecule has 0 fully saturated rings. The van der Waals surface area contributed by atoms with E-state index in [9.17, 15) is 14.7 Å². The monoisotopic (exact) mass is 343 g/mol. The molecule has 0 radical (unpaired) electrons. The summed E-state index contributed by atoms with van der Waals surface area (Å²) >= 11 is 0. The standard InChI is InChI=1S/C16H23NO5.H2S/c1-11(22-16(2,3)4)13(14(18)19)17-15(20)21-10-12-8-6-5-7-9-12;/h5-9,11,13H,10H2,1-4H3,(H,17,20)(H,18,19);1H2/t11?,13-;/m1./s1. The number of amides is 1. The highest BCUT2D eigenvalue weighted by molar-refractivity contribution is 7.59. The molecule has 130 valence electrons. The number of hydrogen-bond donors (Lipinski definition) is 2. The number of rotatable bonds is 6. The molecule has 0 spiro atoms. The van der Waals surface area contributed by atoms with Gasteiger partial charge in [0.1, 0.15) is 6.61 Å². The van der Waals surface area contributed by atoms with Crippen LogP contribution in [0.4, 0.5) is 4.79 Å². The van der Waals surface area contributed by atoms with Crippen LogP contribution in [0.3, 0.4) is 0 Å². The number of carbonyl (C=O) groups excluding carboxylic acids is 1. The number of carbonyl (C=O) groups is 2. The van der Waals surface area contributed by atoms with E-state index in [4.69, 9.17) is 9.47 Å². The SMILES string of the molecule is CC(OC(C)(C)C)[C@@H](NC(=O)OCc1ccccc1)C(=O)O.S. The molecule has 0 bridgehead atoms. The molecule has 2 atom stereocenters. The minimum absolute atomic E-state index is 0. The molecule has 1 unspecified atom stereocenters. The van der Waals surface area contributed by atoms with Crippen molar-refractivity contribution in [2.24, 2.45) is 0 Å². The smallest absolute Gasteiger partial charge is 0.408 e. The highest BCUT2D eigenvalue weighted by Gasteiger charge is 2.30. The summed E-state index contributed by atoms with van der Waals surface area (Å²) in [6, 6.07) is 7.96. The summed E-state index contributed by atoms with van der Waals surface area (Å²) in [6.45, 7) is 7.12. The third-order valence-electron chi connectivity index (χ3n) is 2.76. The van der Waals surface area contributed by atoms with Gasteiger partial charge in [0.2, 0.25) is 0 Å². The Labute approximate surface area is 143 Å². The largest absolute Gasteiger partial charge is 0.480 e. The Kier molecular flexibility index (Phi) is 8.71. The maximum atomic E-state index is 11.7. The van der Waals surface area contributed by atoms with Crippen molar-refractivity contribution in [3.05, 3.63) is 35.9 Å². The zero-order valence-electron chi connectivity index (χ0n) is 13.8. The Morgan fingerprint density at radius 3 is 2.26 bits per heavy atom. The number of nitrogens with one attached hydrogen (secondary N) is 1. The lowest BCUT2D eigenvalue weighted by Gasteiger charge is -2.29. The van der Waals surface area contributed by atoms with Gasteiger partial charge < -0.3 is 19.9 Å². The van der Waals surface area contributed by atoms with Crippen LogP contribution in [0.1, 0.15) is 33.3 Å². The lowest BCUT2D eigenvalue weighted by Crippen LogP contribution is -2.50. The molecule has 0 aliphatic carbocycles. The molecule has 1 aromatic carbocycles. The van der Waals surface area contributed by atoms with Crippen molar-refractivity contribution >= 4 is 25.6 Å². The van der Waals surface area contributed by atoms with Crippen LogP contribution in [0.5, 0.6) is 0 Å². The van der Waals surface area contributed by atoms with E-state index in [0.717, 1.165) is 5.56 Å². The molecule has 0 saturated carbocycles. The van der Waals surface area contributed by atoms with Crippen LogP contribution < -0.4 is 5.32 Å². The van der Waals surface area contributed by atoms with Crippen LogP contribution in [0.2, 0.25) is 0 Å². The maximum Gasteiger partial charge on any atom is 0.408 e. The molecular formula is C16H25NO5S. The molecule has 2 N–H and O–H groups in total. The average Bonchev–Trinajstić information content (AvgIpc) is 2.41. The van der Waals surface area contributed by atoms with Crippen molar-refractivity contribution in [1.29, 1.82) is 0 Å². The average molecular weight is 343 g/mol. The minimum atomic E-state index is -1.18. The number of carboxylic acids is 1. The molecule has 23 heavy (non-hydrogen) atoms. The zero-order chi connectivity index (χ0) is 16.8. The van der Waals surface area contributed by atoms with E-state index in [1.807, 2.05) is 51.1 Å². The molecule has 0 aromatic heterocycles. The van der Waals surface area contributed by atoms with Gasteiger partial charge in [-0.3, -0.25) is 0 Å². The Balaban J connectivity index is 0.00000484. The second-order valence-corrected chi connectivity index (χ2v) is 5.96. The highest BCUT2D eigenvalue weighted by Crippen LogP contribution is 2.13. The fourth-order valence-corrected chi connectivity index (χ4v) is 1.90. The fourth-order valence-electron chi connectivity index (χ4n) is 1.90. The summed E-state index contributed by atoms with van der Waals surface area (Å²) in [7, 11) is 0. The first kappa shape index (κ1) is 21.3. The lowest BCUT2D eigenvalue weighted by molar-refractivity contribution is -0.147. The van der Waals surface area contributed by atoms with Crippen LogP contribution in [-0.2, 0) is 20.9 Å². The van der Waals surface area contributed by atoms with Gasteiger partial charge in [-0.25, -0.2) is 9.59 Å². The first-order chi connectivity index (χ1) is 10.2. The van der Waals surface area contributed by atoms with Crippen molar-refractivity contribution in [2.45, 2.75) is 52.0 Å². The van der Waals surface area contributed by atoms with Gasteiger partial charge in [-0.1, -0.05) is 30.3 Å². The third kappa shape index (κ3) is 8.47. The number of alkyl carbamates (subject to hydrolysis) is 1. The minimum Gasteiger partial charge on any atom is -0.480 e. The first-order valence-corrected chi connectivity index (χ1v) is 7.07. The summed E-state index contributed by atoms with van der Waals surface area (Å²) < 4.78 is 10.6. The van der Waals surface area contributed by atoms with E-state index in [-0.39, 0.29) is 20.1 Å². The molecule has 1 aromatic rings. The summed E-state index contributed by atoms with van der Waals surface area (Å²) in [5.41, 5.74) is 0.312. The molecule has 1 rings (SSSR count). The third-order valence-corrected chi connectivity index (χ3v) is 2.76. The Morgan fingerprint density at radius 1 is 1.22 bits per heavy atom. The number of benzene rings is 1. The number of carboxylic acid groups (broad SMARTS) is 1. The molecule has 0 saturated heterocycles. The Hall–Kier alpha value is -1.73. The predicted octanol–water partition coefficient (Wildman–Crippen LogP) is 2.68. The summed E-state index contributed by atoms with van der Waals surface area (Å²) in [5, 5.41) is 11.5. The van der Waals surface area contributed by atoms with Gasteiger partial charge in [0, 0.05) is 0 Å². The summed E-state index contributed by atoms with van der Waals surface area (Å²) in [4.78, 5) is 23.0. The second-order valence-electron chi connectivity index (χ2n) is 5.96. The van der Waals surface area contributed by atoms with Crippen molar-refractivity contribution in [2.75, 3.05) is 0 Å². The Morgan fingerprint density at radius 2 is 1.78 bits per heavy atom. The van der Waals surface area contributed by atoms with E-state index < -0.39 is 29.8 Å². The molecular weight excluding hydrogens is 318 g/mol. The maximum absolute atomic E-state index is 11.7. The second kappa shape index (κ2) is 9.42. The van der Waals surface area contributed by atoms with Gasteiger partial charge in [0.25, 0.3) is 0 Å². The van der Waals surface area contributed by atoms with Crippen molar-refractivity contribution in [3.63, 3.8) is 0 Å². The first-order valence-electron chi connectivity index (χ1n) is 7.07. The number of hydrogen-bond acceptors (Lipinski definition) is 4. The molecule has 7 heteroatoms. The summed E-state index contributed by atoms with van der Waals surface area (Å²) in [6.07, 6.45) is -1.48. The van der Waals surface area contributed by atoms with Gasteiger partial charge in [0.05, 0.1) is 11.7 Å². The molecule has 6 nitrogen and oxygen atoms in total. The van der Waals surface area contributed by atoms with Crippen LogP contribution in [0.15, 0.2) is 30.3 Å². The molecule has 0 heterocycles. The van der Waals surface area contributed by atoms with E-state index in [0.29, 0.717) is 0 Å². The van der Waals surface area contributed by atoms with Crippen LogP contribution in [0, 0.1) is 0 Å². The zero-order valence-corrected chi connectivity index (χ0v) is 14.8. The van der Waals surface area contributed by atoms with Crippen molar-refractivity contribution in [3.8, 4) is 0 Å². The molecule has 0 aliphatic rings. The van der Waals surface area contributed by atoms with Gasteiger partial charge in [-0.2, -0.15) is 13.5 Å². The quantitative estimate of drug-likeness (QED) is 0.829. The number of aliphatic carboxylic acids is 1. The van der Waals surface area contributed by atoms with Gasteiger partial charge in [0.15, 0.2) is 6.04 Å². The van der Waals surface area contributed by atoms with Crippen molar-refractivity contribution < 1.29 is 24.2 Å². The van der Waals surface area contributed by atoms with Gasteiger partial charge in [-0.15, -0.1) is 0 Å². The van der Waals surface area contributed by atoms with E-state index in [1.54, 1.807) is 6.92 Å². The number of ether oxygens (including phenoxy) is 2. The lowest BCUT2D eigenvalue weighted by atomic mass is 10.1. The summed E-state index contributed by atoms with van der Waals surface area (Å²) in [5.74, 6) is -1.17. The topological polar surface area (TPSA) is 84.9 Å². The van der Waals surface area contributed by atoms with E-state index in [1.165, 1.54) is 0 Å². The predicted molar refractivity (Wildman–Crippen MR) is 91.9 cm³/mol. The van der Waals surface area contributed by atoms with Gasteiger partial charge in [-0.05, 0) is 33.3 Å². The van der Waals surface area contributed by atoms with Gasteiger partial charge >= 0.3 is 12.1 Å². The van der Waals surface area contributed by atoms with Crippen LogP contribution in [-0.4, -0.2) is 34.9 Å².